The highest BCUT2D eigenvalue weighted by molar-refractivity contribution is 5.95. The van der Waals surface area contributed by atoms with Crippen molar-refractivity contribution in [2.45, 2.75) is 69.1 Å². The number of aromatic amines is 1. The number of nitrogens with zero attached hydrogens (tertiary/aromatic N) is 1. The average molecular weight is 527 g/mol. The van der Waals surface area contributed by atoms with Crippen molar-refractivity contribution in [3.63, 3.8) is 0 Å². The van der Waals surface area contributed by atoms with Crippen molar-refractivity contribution in [3.8, 4) is 0 Å². The third-order valence-corrected chi connectivity index (χ3v) is 5.21. The van der Waals surface area contributed by atoms with Crippen LogP contribution in [0.1, 0.15) is 44.2 Å². The maximum Gasteiger partial charge on any atom is 0.326 e. The van der Waals surface area contributed by atoms with Gasteiger partial charge in [-0.25, -0.2) is 9.78 Å². The summed E-state index contributed by atoms with van der Waals surface area (Å²) >= 11 is 0. The van der Waals surface area contributed by atoms with Gasteiger partial charge in [0.2, 0.25) is 23.6 Å². The first-order chi connectivity index (χ1) is 17.4. The molecule has 0 aromatic carbocycles. The molecule has 1 aromatic heterocycles. The molecule has 0 saturated carbocycles. The summed E-state index contributed by atoms with van der Waals surface area (Å²) in [5, 5.41) is 25.3. The summed E-state index contributed by atoms with van der Waals surface area (Å²) in [5.41, 5.74) is 17.0. The largest absolute Gasteiger partial charge is 0.481 e. The van der Waals surface area contributed by atoms with Gasteiger partial charge in [-0.05, 0) is 32.2 Å². The predicted octanol–water partition coefficient (Wildman–Crippen LogP) is -3.31. The number of rotatable bonds is 18. The lowest BCUT2D eigenvalue weighted by atomic mass is 10.0. The zero-order valence-corrected chi connectivity index (χ0v) is 20.1. The van der Waals surface area contributed by atoms with Crippen LogP contribution in [-0.4, -0.2) is 86.5 Å². The molecule has 4 atom stereocenters. The molecule has 1 rings (SSSR count). The number of unbranched alkanes of at least 4 members (excludes halogenated alkanes) is 1. The number of nitrogens with two attached hydrogens (primary N) is 3. The Kier molecular flexibility index (Phi) is 13.3. The number of carbonyl (C=O) groups excluding carboxylic acids is 4. The monoisotopic (exact) mass is 526 g/mol. The number of imidazole rings is 1. The van der Waals surface area contributed by atoms with Gasteiger partial charge in [0.05, 0.1) is 18.8 Å². The fourth-order valence-electron chi connectivity index (χ4n) is 3.25. The van der Waals surface area contributed by atoms with E-state index in [1.807, 2.05) is 0 Å². The molecule has 1 heterocycles. The summed E-state index contributed by atoms with van der Waals surface area (Å²) in [7, 11) is 0. The van der Waals surface area contributed by atoms with Crippen LogP contribution in [0.5, 0.6) is 0 Å². The van der Waals surface area contributed by atoms with Gasteiger partial charge in [-0.15, -0.1) is 0 Å². The van der Waals surface area contributed by atoms with E-state index < -0.39 is 72.6 Å². The molecular weight excluding hydrogens is 492 g/mol. The number of carboxylic acids is 2. The highest BCUT2D eigenvalue weighted by atomic mass is 16.4. The van der Waals surface area contributed by atoms with Gasteiger partial charge in [-0.3, -0.25) is 24.0 Å². The first kappa shape index (κ1) is 31.0. The number of hydrogen-bond donors (Lipinski definition) is 9. The molecular formula is C21H34N8O8. The first-order valence-electron chi connectivity index (χ1n) is 11.5. The Labute approximate surface area is 212 Å². The van der Waals surface area contributed by atoms with Crippen molar-refractivity contribution >= 4 is 35.6 Å². The van der Waals surface area contributed by atoms with Crippen LogP contribution in [0, 0.1) is 0 Å². The van der Waals surface area contributed by atoms with Gasteiger partial charge in [0, 0.05) is 24.7 Å². The summed E-state index contributed by atoms with van der Waals surface area (Å²) in [6, 6.07) is -5.34. The Bertz CT molecular complexity index is 939. The van der Waals surface area contributed by atoms with E-state index in [-0.39, 0.29) is 19.3 Å². The minimum absolute atomic E-state index is 0.0522. The molecule has 206 valence electrons. The molecule has 0 fully saturated rings. The van der Waals surface area contributed by atoms with E-state index in [9.17, 15) is 33.9 Å². The lowest BCUT2D eigenvalue weighted by Gasteiger charge is -2.25. The Hall–Kier alpha value is -4.05. The molecule has 4 unspecified atom stereocenters. The van der Waals surface area contributed by atoms with E-state index in [0.29, 0.717) is 25.1 Å². The highest BCUT2D eigenvalue weighted by Crippen LogP contribution is 2.06. The summed E-state index contributed by atoms with van der Waals surface area (Å²) in [6.07, 6.45) is 2.41. The summed E-state index contributed by atoms with van der Waals surface area (Å²) in [6.45, 7) is 0.299. The summed E-state index contributed by atoms with van der Waals surface area (Å²) in [4.78, 5) is 78.6. The lowest BCUT2D eigenvalue weighted by Crippen LogP contribution is -2.57. The van der Waals surface area contributed by atoms with E-state index in [4.69, 9.17) is 22.3 Å². The molecule has 16 nitrogen and oxygen atoms in total. The minimum Gasteiger partial charge on any atom is -0.481 e. The molecule has 4 amide bonds. The number of nitrogens with one attached hydrogen (secondary N) is 4. The maximum atomic E-state index is 13.0. The van der Waals surface area contributed by atoms with Crippen LogP contribution in [0.25, 0.3) is 0 Å². The fourth-order valence-corrected chi connectivity index (χ4v) is 3.25. The summed E-state index contributed by atoms with van der Waals surface area (Å²) < 4.78 is 0. The number of aromatic nitrogens is 2. The second-order valence-corrected chi connectivity index (χ2v) is 8.30. The second kappa shape index (κ2) is 15.8. The number of carboxylic acid groups (broad SMARTS) is 2. The molecule has 0 aliphatic heterocycles. The predicted molar refractivity (Wildman–Crippen MR) is 127 cm³/mol. The van der Waals surface area contributed by atoms with Crippen molar-refractivity contribution in [2.75, 3.05) is 6.54 Å². The number of carbonyl (C=O) groups is 6. The standard InChI is InChI=1S/C21H34N8O8/c22-6-2-1-3-13(19(34)29-15(21(36)37)8-16(24)30)28-20(35)14(4-5-17(31)32)27-18(33)12(23)7-11-9-25-10-26-11/h9-10,12-15H,1-8,22-23H2,(H2,24,30)(H,25,26)(H,27,33)(H,28,35)(H,29,34)(H,31,32)(H,36,37). The minimum atomic E-state index is -1.62. The SMILES string of the molecule is NCCCCC(NC(=O)C(CCC(=O)O)NC(=O)C(N)Cc1cnc[nH]1)C(=O)NC(CC(N)=O)C(=O)O. The van der Waals surface area contributed by atoms with Gasteiger partial charge < -0.3 is 48.3 Å². The van der Waals surface area contributed by atoms with E-state index >= 15 is 0 Å². The van der Waals surface area contributed by atoms with E-state index in [1.165, 1.54) is 12.5 Å². The van der Waals surface area contributed by atoms with Gasteiger partial charge in [0.1, 0.15) is 18.1 Å². The third-order valence-electron chi connectivity index (χ3n) is 5.21. The quantitative estimate of drug-likeness (QED) is 0.0853. The van der Waals surface area contributed by atoms with Crippen LogP contribution in [-0.2, 0) is 35.2 Å². The molecule has 0 radical (unpaired) electrons. The van der Waals surface area contributed by atoms with Gasteiger partial charge in [0.25, 0.3) is 0 Å². The smallest absolute Gasteiger partial charge is 0.326 e. The van der Waals surface area contributed by atoms with Crippen LogP contribution >= 0.6 is 0 Å². The maximum absolute atomic E-state index is 13.0. The topological polar surface area (TPSA) is 286 Å². The van der Waals surface area contributed by atoms with E-state index in [2.05, 4.69) is 25.9 Å². The molecule has 0 spiro atoms. The van der Waals surface area contributed by atoms with Crippen LogP contribution in [0.3, 0.4) is 0 Å². The molecule has 0 bridgehead atoms. The Balaban J connectivity index is 2.99. The van der Waals surface area contributed by atoms with Crippen molar-refractivity contribution in [2.24, 2.45) is 17.2 Å². The van der Waals surface area contributed by atoms with Crippen molar-refractivity contribution in [3.05, 3.63) is 18.2 Å². The molecule has 0 saturated heterocycles. The Morgan fingerprint density at radius 3 is 2.03 bits per heavy atom. The van der Waals surface area contributed by atoms with Gasteiger partial charge >= 0.3 is 11.9 Å². The highest BCUT2D eigenvalue weighted by Gasteiger charge is 2.31. The van der Waals surface area contributed by atoms with Crippen LogP contribution in [0.4, 0.5) is 0 Å². The Morgan fingerprint density at radius 1 is 0.919 bits per heavy atom. The normalized spacial score (nSPS) is 14.0. The summed E-state index contributed by atoms with van der Waals surface area (Å²) in [5.74, 6) is -6.20. The molecule has 0 aliphatic carbocycles. The van der Waals surface area contributed by atoms with E-state index in [1.54, 1.807) is 0 Å². The molecule has 37 heavy (non-hydrogen) atoms. The number of H-pyrrole nitrogens is 1. The first-order valence-corrected chi connectivity index (χ1v) is 11.5. The van der Waals surface area contributed by atoms with Gasteiger partial charge in [-0.1, -0.05) is 0 Å². The third kappa shape index (κ3) is 12.0. The number of primary amides is 1. The van der Waals surface area contributed by atoms with Crippen LogP contribution in [0.2, 0.25) is 0 Å². The molecule has 16 heteroatoms. The second-order valence-electron chi connectivity index (χ2n) is 8.30. The van der Waals surface area contributed by atoms with Crippen molar-refractivity contribution in [1.29, 1.82) is 0 Å². The van der Waals surface area contributed by atoms with Crippen LogP contribution in [0.15, 0.2) is 12.5 Å². The zero-order valence-electron chi connectivity index (χ0n) is 20.1. The van der Waals surface area contributed by atoms with Crippen molar-refractivity contribution < 1.29 is 39.0 Å². The zero-order chi connectivity index (χ0) is 28.0. The molecule has 0 aliphatic rings. The Morgan fingerprint density at radius 2 is 1.51 bits per heavy atom. The fraction of sp³-hybridized carbons (Fsp3) is 0.571. The number of hydrogen-bond acceptors (Lipinski definition) is 9. The molecule has 1 aromatic rings. The van der Waals surface area contributed by atoms with Crippen molar-refractivity contribution in [1.82, 2.24) is 25.9 Å². The van der Waals surface area contributed by atoms with Crippen LogP contribution < -0.4 is 33.2 Å². The number of amides is 4. The van der Waals surface area contributed by atoms with Gasteiger partial charge in [-0.2, -0.15) is 0 Å². The van der Waals surface area contributed by atoms with Gasteiger partial charge in [0.15, 0.2) is 0 Å². The lowest BCUT2D eigenvalue weighted by molar-refractivity contribution is -0.143. The average Bonchev–Trinajstić information content (AvgIpc) is 3.32. The number of aliphatic carboxylic acids is 2. The van der Waals surface area contributed by atoms with E-state index in [0.717, 1.165) is 0 Å². The molecule has 12 N–H and O–H groups in total.